The zero-order chi connectivity index (χ0) is 20.4. The van der Waals surface area contributed by atoms with Crippen LogP contribution in [0.1, 0.15) is 0 Å². The van der Waals surface area contributed by atoms with Gasteiger partial charge in [-0.05, 0) is 30.3 Å². The minimum atomic E-state index is -0.476. The van der Waals surface area contributed by atoms with Crippen molar-refractivity contribution < 1.29 is 14.2 Å². The normalized spacial score (nSPS) is 10.8. The number of hydrogen-bond acceptors (Lipinski definition) is 7. The molecular formula is C18H11Cl2N5O4. The first kappa shape index (κ1) is 18.9. The Hall–Kier alpha value is -3.43. The lowest BCUT2D eigenvalue weighted by Gasteiger charge is -2.09. The van der Waals surface area contributed by atoms with Gasteiger partial charge < -0.3 is 9.26 Å². The fourth-order valence-electron chi connectivity index (χ4n) is 2.48. The lowest BCUT2D eigenvalue weighted by molar-refractivity contribution is -0.384. The van der Waals surface area contributed by atoms with Crippen LogP contribution < -0.4 is 4.74 Å². The third-order valence-corrected chi connectivity index (χ3v) is 4.48. The van der Waals surface area contributed by atoms with Gasteiger partial charge in [0.05, 0.1) is 15.0 Å². The van der Waals surface area contributed by atoms with Gasteiger partial charge in [0.1, 0.15) is 0 Å². The number of aromatic nitrogens is 4. The first-order chi connectivity index (χ1) is 14.0. The summed E-state index contributed by atoms with van der Waals surface area (Å²) >= 11 is 12.2. The van der Waals surface area contributed by atoms with Crippen molar-refractivity contribution in [1.29, 1.82) is 0 Å². The topological polar surface area (TPSA) is 109 Å². The minimum absolute atomic E-state index is 0.0187. The lowest BCUT2D eigenvalue weighted by atomic mass is 10.2. The highest BCUT2D eigenvalue weighted by Gasteiger charge is 2.15. The quantitative estimate of drug-likeness (QED) is 0.316. The van der Waals surface area contributed by atoms with Crippen molar-refractivity contribution in [1.82, 2.24) is 19.9 Å². The third kappa shape index (κ3) is 4.05. The van der Waals surface area contributed by atoms with E-state index in [1.165, 1.54) is 16.8 Å². The number of nitrogens with zero attached hydrogens (tertiary/aromatic N) is 5. The van der Waals surface area contributed by atoms with E-state index in [9.17, 15) is 10.1 Å². The zero-order valence-corrected chi connectivity index (χ0v) is 16.0. The van der Waals surface area contributed by atoms with Crippen LogP contribution in [0.15, 0.2) is 59.3 Å². The standard InChI is InChI=1S/C18H11Cl2N5O4/c19-13-2-1-3-14(20)16(13)28-10-24-9-8-15(22-24)18-21-17(23-29-18)11-4-6-12(7-5-11)25(26)27/h1-9H,10H2. The molecule has 0 aliphatic heterocycles. The number of nitro benzene ring substituents is 1. The Balaban J connectivity index is 1.48. The number of ether oxygens (including phenoxy) is 1. The maximum atomic E-state index is 10.7. The van der Waals surface area contributed by atoms with E-state index in [4.69, 9.17) is 32.5 Å². The van der Waals surface area contributed by atoms with Gasteiger partial charge in [-0.1, -0.05) is 34.4 Å². The molecule has 0 aliphatic rings. The van der Waals surface area contributed by atoms with Crippen LogP contribution in [-0.4, -0.2) is 24.8 Å². The molecule has 0 N–H and O–H groups in total. The number of non-ortho nitro benzene ring substituents is 1. The molecule has 4 rings (SSSR count). The molecule has 146 valence electrons. The molecule has 0 unspecified atom stereocenters. The van der Waals surface area contributed by atoms with E-state index in [-0.39, 0.29) is 18.3 Å². The maximum Gasteiger partial charge on any atom is 0.278 e. The average molecular weight is 432 g/mol. The van der Waals surface area contributed by atoms with Gasteiger partial charge in [0, 0.05) is 23.9 Å². The summed E-state index contributed by atoms with van der Waals surface area (Å²) in [7, 11) is 0. The van der Waals surface area contributed by atoms with Crippen LogP contribution in [0, 0.1) is 10.1 Å². The van der Waals surface area contributed by atoms with Gasteiger partial charge in [0.15, 0.2) is 18.2 Å². The zero-order valence-electron chi connectivity index (χ0n) is 14.5. The smallest absolute Gasteiger partial charge is 0.278 e. The van der Waals surface area contributed by atoms with Crippen LogP contribution in [-0.2, 0) is 6.73 Å². The Morgan fingerprint density at radius 1 is 1.10 bits per heavy atom. The molecule has 29 heavy (non-hydrogen) atoms. The summed E-state index contributed by atoms with van der Waals surface area (Å²) in [4.78, 5) is 14.5. The van der Waals surface area contributed by atoms with E-state index in [0.717, 1.165) is 0 Å². The van der Waals surface area contributed by atoms with Crippen LogP contribution in [0.3, 0.4) is 0 Å². The van der Waals surface area contributed by atoms with E-state index >= 15 is 0 Å². The number of rotatable bonds is 6. The summed E-state index contributed by atoms with van der Waals surface area (Å²) in [6, 6.07) is 12.6. The van der Waals surface area contributed by atoms with Crippen LogP contribution in [0.2, 0.25) is 10.0 Å². The highest BCUT2D eigenvalue weighted by molar-refractivity contribution is 6.37. The largest absolute Gasteiger partial charge is 0.468 e. The molecule has 0 amide bonds. The van der Waals surface area contributed by atoms with Crippen LogP contribution in [0.4, 0.5) is 5.69 Å². The lowest BCUT2D eigenvalue weighted by Crippen LogP contribution is -2.06. The summed E-state index contributed by atoms with van der Waals surface area (Å²) in [5, 5.41) is 19.7. The van der Waals surface area contributed by atoms with Crippen molar-refractivity contribution in [2.75, 3.05) is 0 Å². The molecule has 0 saturated carbocycles. The summed E-state index contributed by atoms with van der Waals surface area (Å²) in [5.74, 6) is 0.863. The Bertz CT molecular complexity index is 1150. The summed E-state index contributed by atoms with van der Waals surface area (Å²) in [5.41, 5.74) is 1.01. The van der Waals surface area contributed by atoms with Gasteiger partial charge in [-0.3, -0.25) is 10.1 Å². The number of para-hydroxylation sites is 1. The molecule has 2 heterocycles. The van der Waals surface area contributed by atoms with Crippen molar-refractivity contribution >= 4 is 28.9 Å². The minimum Gasteiger partial charge on any atom is -0.468 e. The van der Waals surface area contributed by atoms with Gasteiger partial charge in [-0.25, -0.2) is 4.68 Å². The predicted octanol–water partition coefficient (Wildman–Crippen LogP) is 4.85. The Labute approximate surface area is 173 Å². The van der Waals surface area contributed by atoms with E-state index in [0.29, 0.717) is 32.9 Å². The van der Waals surface area contributed by atoms with Crippen LogP contribution in [0.5, 0.6) is 5.75 Å². The summed E-state index contributed by atoms with van der Waals surface area (Å²) in [6.07, 6.45) is 1.68. The number of hydrogen-bond donors (Lipinski definition) is 0. The SMILES string of the molecule is O=[N+]([O-])c1ccc(-c2noc(-c3ccn(COc4c(Cl)cccc4Cl)n3)n2)cc1. The molecule has 11 heteroatoms. The molecule has 0 spiro atoms. The first-order valence-electron chi connectivity index (χ1n) is 8.20. The van der Waals surface area contributed by atoms with E-state index < -0.39 is 4.92 Å². The molecule has 0 bridgehead atoms. The fourth-order valence-corrected chi connectivity index (χ4v) is 2.98. The van der Waals surface area contributed by atoms with Crippen LogP contribution in [0.25, 0.3) is 23.0 Å². The second-order valence-corrected chi connectivity index (χ2v) is 6.61. The van der Waals surface area contributed by atoms with Crippen molar-refractivity contribution in [3.63, 3.8) is 0 Å². The number of nitro groups is 1. The Morgan fingerprint density at radius 2 is 1.83 bits per heavy atom. The molecule has 0 fully saturated rings. The van der Waals surface area contributed by atoms with Crippen molar-refractivity contribution in [3.8, 4) is 28.7 Å². The summed E-state index contributed by atoms with van der Waals surface area (Å²) in [6.45, 7) is 0.0762. The Kier molecular flexibility index (Phi) is 5.15. The second kappa shape index (κ2) is 7.90. The number of halogens is 2. The predicted molar refractivity (Wildman–Crippen MR) is 105 cm³/mol. The molecule has 9 nitrogen and oxygen atoms in total. The van der Waals surface area contributed by atoms with E-state index in [1.54, 1.807) is 42.6 Å². The van der Waals surface area contributed by atoms with Crippen molar-refractivity contribution in [2.24, 2.45) is 0 Å². The van der Waals surface area contributed by atoms with Crippen molar-refractivity contribution in [3.05, 3.63) is 74.9 Å². The van der Waals surface area contributed by atoms with E-state index in [2.05, 4.69) is 15.2 Å². The monoisotopic (exact) mass is 431 g/mol. The molecule has 0 aliphatic carbocycles. The van der Waals surface area contributed by atoms with Crippen molar-refractivity contribution in [2.45, 2.75) is 6.73 Å². The molecular weight excluding hydrogens is 421 g/mol. The third-order valence-electron chi connectivity index (χ3n) is 3.88. The second-order valence-electron chi connectivity index (χ2n) is 5.79. The maximum absolute atomic E-state index is 10.7. The van der Waals surface area contributed by atoms with Gasteiger partial charge >= 0.3 is 0 Å². The first-order valence-corrected chi connectivity index (χ1v) is 8.96. The molecule has 2 aromatic carbocycles. The van der Waals surface area contributed by atoms with Gasteiger partial charge in [0.2, 0.25) is 5.82 Å². The van der Waals surface area contributed by atoms with E-state index in [1.807, 2.05) is 0 Å². The molecule has 0 radical (unpaired) electrons. The Morgan fingerprint density at radius 3 is 2.52 bits per heavy atom. The molecule has 4 aromatic rings. The average Bonchev–Trinajstić information content (AvgIpc) is 3.37. The molecule has 0 saturated heterocycles. The van der Waals surface area contributed by atoms with Crippen LogP contribution >= 0.6 is 23.2 Å². The van der Waals surface area contributed by atoms with Gasteiger partial charge in [0.25, 0.3) is 11.6 Å². The molecule has 2 aromatic heterocycles. The highest BCUT2D eigenvalue weighted by atomic mass is 35.5. The number of benzene rings is 2. The van der Waals surface area contributed by atoms with Gasteiger partial charge in [-0.15, -0.1) is 0 Å². The molecule has 0 atom stereocenters. The highest BCUT2D eigenvalue weighted by Crippen LogP contribution is 2.32. The summed E-state index contributed by atoms with van der Waals surface area (Å²) < 4.78 is 12.4. The fraction of sp³-hybridized carbons (Fsp3) is 0.0556. The van der Waals surface area contributed by atoms with Gasteiger partial charge in [-0.2, -0.15) is 10.1 Å².